The standard InChI is InChI=1S/C21H35N5O2S.HI/c1-2-22-21(23-10-13-25-14-16-29(27,28)17-15-25)24-20-8-11-26(12-9-20)18-19-6-4-3-5-7-19;/h3-7,20H,2,8-18H2,1H3,(H2,22,23,24);1H. The lowest BCUT2D eigenvalue weighted by atomic mass is 10.0. The maximum atomic E-state index is 11.5. The third-order valence-electron chi connectivity index (χ3n) is 5.64. The monoisotopic (exact) mass is 549 g/mol. The summed E-state index contributed by atoms with van der Waals surface area (Å²) in [7, 11) is -2.82. The number of sulfone groups is 1. The van der Waals surface area contributed by atoms with Gasteiger partial charge in [-0.1, -0.05) is 30.3 Å². The molecule has 0 radical (unpaired) electrons. The summed E-state index contributed by atoms with van der Waals surface area (Å²) in [6.07, 6.45) is 2.22. The molecular formula is C21H36IN5O2S. The Morgan fingerprint density at radius 1 is 1.07 bits per heavy atom. The van der Waals surface area contributed by atoms with Gasteiger partial charge in [0, 0.05) is 51.9 Å². The van der Waals surface area contributed by atoms with E-state index < -0.39 is 9.84 Å². The smallest absolute Gasteiger partial charge is 0.191 e. The first-order valence-electron chi connectivity index (χ1n) is 10.8. The average Bonchev–Trinajstić information content (AvgIpc) is 2.72. The van der Waals surface area contributed by atoms with E-state index in [2.05, 4.69) is 57.7 Å². The van der Waals surface area contributed by atoms with Gasteiger partial charge in [-0.05, 0) is 25.3 Å². The summed E-state index contributed by atoms with van der Waals surface area (Å²) in [5.41, 5.74) is 1.37. The van der Waals surface area contributed by atoms with Crippen LogP contribution in [-0.2, 0) is 16.4 Å². The lowest BCUT2D eigenvalue weighted by molar-refractivity contribution is 0.198. The fourth-order valence-corrected chi connectivity index (χ4v) is 5.14. The van der Waals surface area contributed by atoms with Crippen molar-refractivity contribution in [3.63, 3.8) is 0 Å². The first-order chi connectivity index (χ1) is 14.0. The molecule has 0 amide bonds. The third kappa shape index (κ3) is 8.68. The highest BCUT2D eigenvalue weighted by atomic mass is 127. The van der Waals surface area contributed by atoms with Crippen LogP contribution in [0.25, 0.3) is 0 Å². The normalized spacial score (nSPS) is 21.0. The molecule has 2 aliphatic rings. The summed E-state index contributed by atoms with van der Waals surface area (Å²) in [6, 6.07) is 11.1. The molecule has 2 aliphatic heterocycles. The number of guanidine groups is 1. The van der Waals surface area contributed by atoms with E-state index in [-0.39, 0.29) is 35.5 Å². The van der Waals surface area contributed by atoms with Crippen LogP contribution in [0.2, 0.25) is 0 Å². The molecular weight excluding hydrogens is 513 g/mol. The maximum absolute atomic E-state index is 11.5. The zero-order chi connectivity index (χ0) is 20.5. The molecule has 0 bridgehead atoms. The minimum atomic E-state index is -2.82. The number of hydrogen-bond donors (Lipinski definition) is 2. The van der Waals surface area contributed by atoms with Gasteiger partial charge < -0.3 is 10.6 Å². The summed E-state index contributed by atoms with van der Waals surface area (Å²) in [5.74, 6) is 1.42. The molecule has 2 fully saturated rings. The largest absolute Gasteiger partial charge is 0.357 e. The van der Waals surface area contributed by atoms with Gasteiger partial charge in [0.1, 0.15) is 0 Å². The Labute approximate surface area is 198 Å². The van der Waals surface area contributed by atoms with Crippen molar-refractivity contribution in [1.29, 1.82) is 0 Å². The Hall–Kier alpha value is -0.910. The summed E-state index contributed by atoms with van der Waals surface area (Å²) in [6.45, 7) is 8.86. The molecule has 2 N–H and O–H groups in total. The molecule has 0 unspecified atom stereocenters. The van der Waals surface area contributed by atoms with Gasteiger partial charge in [0.25, 0.3) is 0 Å². The van der Waals surface area contributed by atoms with Crippen LogP contribution in [0.5, 0.6) is 0 Å². The lowest BCUT2D eigenvalue weighted by Crippen LogP contribution is -2.48. The Morgan fingerprint density at radius 2 is 1.73 bits per heavy atom. The molecule has 0 atom stereocenters. The van der Waals surface area contributed by atoms with E-state index in [4.69, 9.17) is 4.99 Å². The van der Waals surface area contributed by atoms with Crippen molar-refractivity contribution in [2.75, 3.05) is 57.3 Å². The van der Waals surface area contributed by atoms with Crippen molar-refractivity contribution in [2.24, 2.45) is 4.99 Å². The van der Waals surface area contributed by atoms with Gasteiger partial charge in [-0.25, -0.2) is 8.42 Å². The number of nitrogens with zero attached hydrogens (tertiary/aromatic N) is 3. The number of hydrogen-bond acceptors (Lipinski definition) is 5. The van der Waals surface area contributed by atoms with Gasteiger partial charge in [0.2, 0.25) is 0 Å². The van der Waals surface area contributed by atoms with E-state index in [1.807, 2.05) is 0 Å². The fraction of sp³-hybridized carbons (Fsp3) is 0.667. The van der Waals surface area contributed by atoms with Crippen LogP contribution in [0.15, 0.2) is 35.3 Å². The van der Waals surface area contributed by atoms with E-state index >= 15 is 0 Å². The van der Waals surface area contributed by atoms with E-state index in [1.54, 1.807) is 0 Å². The molecule has 170 valence electrons. The average molecular weight is 550 g/mol. The van der Waals surface area contributed by atoms with Crippen LogP contribution < -0.4 is 10.6 Å². The van der Waals surface area contributed by atoms with Gasteiger partial charge in [-0.15, -0.1) is 24.0 Å². The number of likely N-dealkylation sites (tertiary alicyclic amines) is 1. The quantitative estimate of drug-likeness (QED) is 0.306. The molecule has 3 rings (SSSR count). The van der Waals surface area contributed by atoms with Crippen molar-refractivity contribution in [2.45, 2.75) is 32.4 Å². The molecule has 9 heteroatoms. The van der Waals surface area contributed by atoms with Crippen LogP contribution in [0, 0.1) is 0 Å². The summed E-state index contributed by atoms with van der Waals surface area (Å²) < 4.78 is 23.1. The summed E-state index contributed by atoms with van der Waals surface area (Å²) in [4.78, 5) is 9.42. The van der Waals surface area contributed by atoms with Crippen LogP contribution in [-0.4, -0.2) is 87.5 Å². The number of nitrogens with one attached hydrogen (secondary N) is 2. The van der Waals surface area contributed by atoms with Gasteiger partial charge in [-0.3, -0.25) is 14.8 Å². The molecule has 1 aromatic rings. The second-order valence-electron chi connectivity index (χ2n) is 7.93. The van der Waals surface area contributed by atoms with Crippen LogP contribution in [0.3, 0.4) is 0 Å². The Bertz CT molecular complexity index is 738. The number of piperidine rings is 1. The highest BCUT2D eigenvalue weighted by Crippen LogP contribution is 2.13. The predicted molar refractivity (Wildman–Crippen MR) is 134 cm³/mol. The molecule has 2 heterocycles. The van der Waals surface area contributed by atoms with Crippen molar-refractivity contribution >= 4 is 39.8 Å². The first-order valence-corrected chi connectivity index (χ1v) is 12.6. The highest BCUT2D eigenvalue weighted by molar-refractivity contribution is 14.0. The Kier molecular flexibility index (Phi) is 10.8. The zero-order valence-electron chi connectivity index (χ0n) is 17.9. The molecule has 2 saturated heterocycles. The second-order valence-corrected chi connectivity index (χ2v) is 10.2. The summed E-state index contributed by atoms with van der Waals surface area (Å²) >= 11 is 0. The van der Waals surface area contributed by atoms with Crippen molar-refractivity contribution in [3.8, 4) is 0 Å². The van der Waals surface area contributed by atoms with Crippen molar-refractivity contribution in [1.82, 2.24) is 20.4 Å². The minimum Gasteiger partial charge on any atom is -0.357 e. The molecule has 30 heavy (non-hydrogen) atoms. The van der Waals surface area contributed by atoms with Gasteiger partial charge >= 0.3 is 0 Å². The zero-order valence-corrected chi connectivity index (χ0v) is 21.1. The van der Waals surface area contributed by atoms with E-state index in [9.17, 15) is 8.42 Å². The lowest BCUT2D eigenvalue weighted by Gasteiger charge is -2.33. The fourth-order valence-electron chi connectivity index (χ4n) is 3.87. The Morgan fingerprint density at radius 3 is 2.37 bits per heavy atom. The van der Waals surface area contributed by atoms with E-state index in [1.165, 1.54) is 5.56 Å². The predicted octanol–water partition coefficient (Wildman–Crippen LogP) is 1.55. The second kappa shape index (κ2) is 12.8. The van der Waals surface area contributed by atoms with E-state index in [0.29, 0.717) is 25.7 Å². The highest BCUT2D eigenvalue weighted by Gasteiger charge is 2.22. The van der Waals surface area contributed by atoms with Gasteiger partial charge in [0.15, 0.2) is 15.8 Å². The van der Waals surface area contributed by atoms with Gasteiger partial charge in [0.05, 0.1) is 18.1 Å². The number of halogens is 1. The molecule has 0 aliphatic carbocycles. The van der Waals surface area contributed by atoms with Crippen LogP contribution in [0.1, 0.15) is 25.3 Å². The van der Waals surface area contributed by atoms with Gasteiger partial charge in [-0.2, -0.15) is 0 Å². The number of rotatable bonds is 7. The third-order valence-corrected chi connectivity index (χ3v) is 7.25. The minimum absolute atomic E-state index is 0. The molecule has 0 aromatic heterocycles. The Balaban J connectivity index is 0.00000320. The number of aliphatic imine (C=N–C) groups is 1. The van der Waals surface area contributed by atoms with Crippen LogP contribution in [0.4, 0.5) is 0 Å². The molecule has 1 aromatic carbocycles. The molecule has 0 saturated carbocycles. The SMILES string of the molecule is CCNC(=NCCN1CCS(=O)(=O)CC1)NC1CCN(Cc2ccccc2)CC1.I. The number of benzene rings is 1. The molecule has 7 nitrogen and oxygen atoms in total. The van der Waals surface area contributed by atoms with E-state index in [0.717, 1.165) is 51.5 Å². The molecule has 0 spiro atoms. The summed E-state index contributed by atoms with van der Waals surface area (Å²) in [5, 5.41) is 6.93. The maximum Gasteiger partial charge on any atom is 0.191 e. The van der Waals surface area contributed by atoms with Crippen molar-refractivity contribution < 1.29 is 8.42 Å². The first kappa shape index (κ1) is 25.4. The topological polar surface area (TPSA) is 77.0 Å². The van der Waals surface area contributed by atoms with Crippen LogP contribution >= 0.6 is 24.0 Å². The van der Waals surface area contributed by atoms with Crippen molar-refractivity contribution in [3.05, 3.63) is 35.9 Å².